The van der Waals surface area contributed by atoms with Gasteiger partial charge in [0, 0.05) is 51.3 Å². The summed E-state index contributed by atoms with van der Waals surface area (Å²) in [5.41, 5.74) is 1.04. The van der Waals surface area contributed by atoms with Gasteiger partial charge in [-0.15, -0.1) is 0 Å². The van der Waals surface area contributed by atoms with E-state index >= 15 is 0 Å². The second-order valence-corrected chi connectivity index (χ2v) is 7.98. The molecule has 0 unspecified atom stereocenters. The highest BCUT2D eigenvalue weighted by molar-refractivity contribution is 5.79. The van der Waals surface area contributed by atoms with Gasteiger partial charge in [0.05, 0.1) is 5.92 Å². The normalized spacial score (nSPS) is 20.2. The van der Waals surface area contributed by atoms with Gasteiger partial charge in [0.2, 0.25) is 11.9 Å². The summed E-state index contributed by atoms with van der Waals surface area (Å²) in [5.74, 6) is 1.82. The summed E-state index contributed by atoms with van der Waals surface area (Å²) in [7, 11) is 0. The fraction of sp³-hybridized carbons (Fsp3) is 0.545. The molecule has 0 spiro atoms. The van der Waals surface area contributed by atoms with Gasteiger partial charge in [0.25, 0.3) is 0 Å². The maximum atomic E-state index is 12.7. The lowest BCUT2D eigenvalue weighted by molar-refractivity contribution is -0.125. The molecule has 29 heavy (non-hydrogen) atoms. The Balaban J connectivity index is 1.29. The fourth-order valence-electron chi connectivity index (χ4n) is 4.17. The van der Waals surface area contributed by atoms with Crippen LogP contribution in [0.5, 0.6) is 0 Å². The van der Waals surface area contributed by atoms with Gasteiger partial charge < -0.3 is 15.1 Å². The molecular weight excluding hydrogens is 364 g/mol. The number of rotatable bonds is 5. The van der Waals surface area contributed by atoms with Crippen molar-refractivity contribution >= 4 is 17.7 Å². The molecule has 2 aliphatic rings. The summed E-state index contributed by atoms with van der Waals surface area (Å²) in [6.07, 6.45) is 12.4. The number of hydrogen-bond acceptors (Lipinski definition) is 6. The summed E-state index contributed by atoms with van der Waals surface area (Å²) in [4.78, 5) is 30.4. The lowest BCUT2D eigenvalue weighted by Gasteiger charge is -2.31. The number of pyridine rings is 1. The van der Waals surface area contributed by atoms with Crippen LogP contribution in [0.25, 0.3) is 0 Å². The molecule has 2 aromatic heterocycles. The molecule has 0 bridgehead atoms. The second-order valence-electron chi connectivity index (χ2n) is 7.98. The van der Waals surface area contributed by atoms with Crippen molar-refractivity contribution < 1.29 is 4.79 Å². The van der Waals surface area contributed by atoms with Crippen molar-refractivity contribution in [2.45, 2.75) is 45.1 Å². The van der Waals surface area contributed by atoms with Crippen molar-refractivity contribution in [3.05, 3.63) is 42.4 Å². The SMILES string of the molecule is O=C(NCc1ccc(N2CCCCCC2)nc1)[C@@H]1CCCN(c2ncccn2)C1. The Labute approximate surface area is 172 Å². The van der Waals surface area contributed by atoms with E-state index in [0.29, 0.717) is 19.0 Å². The molecule has 7 heteroatoms. The van der Waals surface area contributed by atoms with Crippen molar-refractivity contribution in [2.24, 2.45) is 5.92 Å². The van der Waals surface area contributed by atoms with Crippen LogP contribution in [0.2, 0.25) is 0 Å². The molecule has 4 rings (SSSR count). The average Bonchev–Trinajstić information content (AvgIpc) is 3.08. The lowest BCUT2D eigenvalue weighted by Crippen LogP contribution is -2.43. The number of piperidine rings is 1. The molecular formula is C22H30N6O. The zero-order chi connectivity index (χ0) is 19.9. The molecule has 154 valence electrons. The van der Waals surface area contributed by atoms with E-state index in [1.165, 1.54) is 25.7 Å². The number of carbonyl (C=O) groups excluding carboxylic acids is 1. The molecule has 2 fully saturated rings. The minimum absolute atomic E-state index is 0.0307. The molecule has 0 aromatic carbocycles. The Morgan fingerprint density at radius 3 is 2.45 bits per heavy atom. The van der Waals surface area contributed by atoms with Crippen LogP contribution in [-0.4, -0.2) is 47.0 Å². The maximum absolute atomic E-state index is 12.7. The number of anilines is 2. The molecule has 0 radical (unpaired) electrons. The van der Waals surface area contributed by atoms with E-state index in [2.05, 4.69) is 42.2 Å². The highest BCUT2D eigenvalue weighted by Gasteiger charge is 2.26. The van der Waals surface area contributed by atoms with E-state index < -0.39 is 0 Å². The molecule has 1 N–H and O–H groups in total. The number of amides is 1. The van der Waals surface area contributed by atoms with Gasteiger partial charge in [0.1, 0.15) is 5.82 Å². The minimum atomic E-state index is -0.0307. The largest absolute Gasteiger partial charge is 0.357 e. The van der Waals surface area contributed by atoms with Crippen molar-refractivity contribution in [2.75, 3.05) is 36.0 Å². The van der Waals surface area contributed by atoms with Crippen LogP contribution in [0.1, 0.15) is 44.1 Å². The van der Waals surface area contributed by atoms with Crippen molar-refractivity contribution in [3.63, 3.8) is 0 Å². The summed E-state index contributed by atoms with van der Waals surface area (Å²) in [6.45, 7) is 4.26. The van der Waals surface area contributed by atoms with Crippen LogP contribution in [0.4, 0.5) is 11.8 Å². The first-order valence-corrected chi connectivity index (χ1v) is 10.8. The van der Waals surface area contributed by atoms with Gasteiger partial charge in [-0.25, -0.2) is 15.0 Å². The van der Waals surface area contributed by atoms with Crippen LogP contribution in [-0.2, 0) is 11.3 Å². The molecule has 1 amide bonds. The second kappa shape index (κ2) is 9.67. The first-order valence-electron chi connectivity index (χ1n) is 10.8. The highest BCUT2D eigenvalue weighted by Crippen LogP contribution is 2.21. The molecule has 2 saturated heterocycles. The molecule has 0 saturated carbocycles. The van der Waals surface area contributed by atoms with Crippen molar-refractivity contribution in [3.8, 4) is 0 Å². The van der Waals surface area contributed by atoms with E-state index in [1.807, 2.05) is 12.3 Å². The molecule has 4 heterocycles. The van der Waals surface area contributed by atoms with Gasteiger partial charge in [-0.05, 0) is 43.4 Å². The molecule has 2 aliphatic heterocycles. The van der Waals surface area contributed by atoms with E-state index in [4.69, 9.17) is 0 Å². The van der Waals surface area contributed by atoms with Crippen LogP contribution in [0.3, 0.4) is 0 Å². The number of carbonyl (C=O) groups is 1. The lowest BCUT2D eigenvalue weighted by atomic mass is 9.97. The van der Waals surface area contributed by atoms with Crippen molar-refractivity contribution in [1.82, 2.24) is 20.3 Å². The predicted octanol–water partition coefficient (Wildman–Crippen LogP) is 2.78. The van der Waals surface area contributed by atoms with E-state index in [9.17, 15) is 4.79 Å². The van der Waals surface area contributed by atoms with Crippen molar-refractivity contribution in [1.29, 1.82) is 0 Å². The third-order valence-electron chi connectivity index (χ3n) is 5.83. The van der Waals surface area contributed by atoms with Crippen LogP contribution in [0, 0.1) is 5.92 Å². The fourth-order valence-corrected chi connectivity index (χ4v) is 4.17. The van der Waals surface area contributed by atoms with E-state index in [0.717, 1.165) is 43.9 Å². The highest BCUT2D eigenvalue weighted by atomic mass is 16.1. The Morgan fingerprint density at radius 1 is 0.966 bits per heavy atom. The smallest absolute Gasteiger partial charge is 0.225 e. The minimum Gasteiger partial charge on any atom is -0.357 e. The van der Waals surface area contributed by atoms with Crippen LogP contribution >= 0.6 is 0 Å². The Morgan fingerprint density at radius 2 is 1.72 bits per heavy atom. The number of nitrogens with one attached hydrogen (secondary N) is 1. The third-order valence-corrected chi connectivity index (χ3v) is 5.83. The quantitative estimate of drug-likeness (QED) is 0.841. The first kappa shape index (κ1) is 19.6. The summed E-state index contributed by atoms with van der Waals surface area (Å²) >= 11 is 0. The van der Waals surface area contributed by atoms with Gasteiger partial charge in [-0.3, -0.25) is 4.79 Å². The van der Waals surface area contributed by atoms with Crippen LogP contribution in [0.15, 0.2) is 36.8 Å². The molecule has 0 aliphatic carbocycles. The predicted molar refractivity (Wildman–Crippen MR) is 114 cm³/mol. The van der Waals surface area contributed by atoms with Gasteiger partial charge in [-0.1, -0.05) is 18.9 Å². The van der Waals surface area contributed by atoms with Gasteiger partial charge >= 0.3 is 0 Å². The molecule has 2 aromatic rings. The topological polar surface area (TPSA) is 74.2 Å². The number of hydrogen-bond donors (Lipinski definition) is 1. The number of aromatic nitrogens is 3. The van der Waals surface area contributed by atoms with Gasteiger partial charge in [-0.2, -0.15) is 0 Å². The average molecular weight is 395 g/mol. The van der Waals surface area contributed by atoms with Crippen LogP contribution < -0.4 is 15.1 Å². The summed E-state index contributed by atoms with van der Waals surface area (Å²) in [6, 6.07) is 5.98. The maximum Gasteiger partial charge on any atom is 0.225 e. The zero-order valence-electron chi connectivity index (χ0n) is 17.0. The van der Waals surface area contributed by atoms with E-state index in [1.54, 1.807) is 12.4 Å². The molecule has 7 nitrogen and oxygen atoms in total. The first-order chi connectivity index (χ1) is 14.3. The monoisotopic (exact) mass is 394 g/mol. The Hall–Kier alpha value is -2.70. The van der Waals surface area contributed by atoms with E-state index in [-0.39, 0.29) is 11.8 Å². The standard InChI is InChI=1S/C22H30N6O/c29-21(19-7-5-14-28(17-19)22-23-10-6-11-24-22)26-16-18-8-9-20(25-15-18)27-12-3-1-2-4-13-27/h6,8-11,15,19H,1-5,7,12-14,16-17H2,(H,26,29)/t19-/m1/s1. The third kappa shape index (κ3) is 5.22. The summed E-state index contributed by atoms with van der Waals surface area (Å²) < 4.78 is 0. The zero-order valence-corrected chi connectivity index (χ0v) is 17.0. The number of nitrogens with zero attached hydrogens (tertiary/aromatic N) is 5. The molecule has 1 atom stereocenters. The Kier molecular flexibility index (Phi) is 6.54. The Bertz CT molecular complexity index is 774. The summed E-state index contributed by atoms with van der Waals surface area (Å²) in [5, 5.41) is 3.09. The van der Waals surface area contributed by atoms with Gasteiger partial charge in [0.15, 0.2) is 0 Å².